The van der Waals surface area contributed by atoms with Crippen LogP contribution >= 0.6 is 19.4 Å². The fraction of sp³-hybridized carbons (Fsp3) is 0.667. The number of nitrogens with zero attached hydrogens (tertiary/aromatic N) is 4. The van der Waals surface area contributed by atoms with Crippen LogP contribution in [0.25, 0.3) is 11.2 Å². The van der Waals surface area contributed by atoms with Gasteiger partial charge < -0.3 is 34.2 Å². The minimum Gasteiger partial charge on any atom is -0.432 e. The number of anilines is 1. The predicted molar refractivity (Wildman–Crippen MR) is 159 cm³/mol. The maximum atomic E-state index is 13.8. The van der Waals surface area contributed by atoms with E-state index >= 15 is 0 Å². The number of fused-ring (bicyclic) bond motifs is 2. The number of terminal acetylenes is 1. The summed E-state index contributed by atoms with van der Waals surface area (Å²) < 4.78 is 63.3. The molecule has 4 rings (SSSR count). The molecular weight excluding hydrogens is 653 g/mol. The molecule has 254 valence electrons. The quantitative estimate of drug-likeness (QED) is 0.0972. The smallest absolute Gasteiger partial charge is 0.432 e. The van der Waals surface area contributed by atoms with Crippen molar-refractivity contribution in [3.8, 4) is 12.3 Å². The Morgan fingerprint density at radius 2 is 1.76 bits per heavy atom. The standard InChI is InChI=1S/C27H37ClN5O12P/c1-7-26-9-18(37-6)8-19(26)27(10-28,45-23(26)33-13-32-20-21(29)30-12-31-22(20)33)11-40-46(36,41-14-38-24(34)43-16(2)3)42-15-39-25(35)44-17(4)5/h1,12-13,16-19,23H,8-11,14-15H2,2-6H3,(H2,29,30,31)/t18?,19-,23+,26+,27+/m0/s1. The Labute approximate surface area is 270 Å². The molecule has 0 aromatic carbocycles. The average Bonchev–Trinajstić information content (AvgIpc) is 3.66. The van der Waals surface area contributed by atoms with E-state index in [0.29, 0.717) is 24.0 Å². The first-order chi connectivity index (χ1) is 21.8. The first-order valence-corrected chi connectivity index (χ1v) is 16.2. The molecule has 46 heavy (non-hydrogen) atoms. The van der Waals surface area contributed by atoms with Crippen LogP contribution in [0.5, 0.6) is 0 Å². The number of aromatic nitrogens is 4. The van der Waals surface area contributed by atoms with Crippen molar-refractivity contribution in [1.82, 2.24) is 19.5 Å². The number of imidazole rings is 1. The van der Waals surface area contributed by atoms with Gasteiger partial charge in [0.05, 0.1) is 42.5 Å². The van der Waals surface area contributed by atoms with Gasteiger partial charge in [0.25, 0.3) is 0 Å². The van der Waals surface area contributed by atoms with Crippen molar-refractivity contribution in [2.24, 2.45) is 11.3 Å². The number of nitrogens with two attached hydrogens (primary N) is 1. The van der Waals surface area contributed by atoms with Crippen molar-refractivity contribution in [3.05, 3.63) is 12.7 Å². The second kappa shape index (κ2) is 14.7. The summed E-state index contributed by atoms with van der Waals surface area (Å²) >= 11 is 6.60. The Kier molecular flexibility index (Phi) is 11.4. The van der Waals surface area contributed by atoms with Crippen LogP contribution in [0.3, 0.4) is 0 Å². The fourth-order valence-electron chi connectivity index (χ4n) is 5.53. The number of carbonyl (C=O) groups excluding carboxylic acids is 2. The lowest BCUT2D eigenvalue weighted by Gasteiger charge is -2.33. The average molecular weight is 690 g/mol. The summed E-state index contributed by atoms with van der Waals surface area (Å²) in [6.45, 7) is 4.13. The minimum absolute atomic E-state index is 0.162. The summed E-state index contributed by atoms with van der Waals surface area (Å²) in [5.74, 6) is 2.37. The van der Waals surface area contributed by atoms with E-state index in [1.54, 1.807) is 39.4 Å². The van der Waals surface area contributed by atoms with Crippen LogP contribution < -0.4 is 5.73 Å². The maximum Gasteiger partial charge on any atom is 0.510 e. The van der Waals surface area contributed by atoms with Crippen LogP contribution in [0, 0.1) is 23.7 Å². The van der Waals surface area contributed by atoms with E-state index in [4.69, 9.17) is 65.8 Å². The highest BCUT2D eigenvalue weighted by atomic mass is 35.5. The Balaban J connectivity index is 1.61. The molecule has 2 N–H and O–H groups in total. The third-order valence-corrected chi connectivity index (χ3v) is 9.22. The summed E-state index contributed by atoms with van der Waals surface area (Å²) in [4.78, 5) is 36.4. The number of phosphoric acid groups is 1. The molecule has 0 amide bonds. The van der Waals surface area contributed by atoms with Gasteiger partial charge in [0.15, 0.2) is 17.7 Å². The van der Waals surface area contributed by atoms with Gasteiger partial charge in [0, 0.05) is 13.0 Å². The number of methoxy groups -OCH3 is 1. The van der Waals surface area contributed by atoms with Gasteiger partial charge in [-0.3, -0.25) is 9.09 Å². The van der Waals surface area contributed by atoms with Crippen molar-refractivity contribution in [3.63, 3.8) is 0 Å². The van der Waals surface area contributed by atoms with Crippen molar-refractivity contribution in [2.45, 2.75) is 70.7 Å². The van der Waals surface area contributed by atoms with Gasteiger partial charge >= 0.3 is 20.1 Å². The third-order valence-electron chi connectivity index (χ3n) is 7.48. The number of ether oxygens (including phenoxy) is 6. The summed E-state index contributed by atoms with van der Waals surface area (Å²) in [6, 6.07) is 0. The highest BCUT2D eigenvalue weighted by Crippen LogP contribution is 2.64. The molecular formula is C27H37ClN5O12P. The van der Waals surface area contributed by atoms with Crippen LogP contribution in [0.15, 0.2) is 12.7 Å². The maximum absolute atomic E-state index is 13.8. The molecule has 2 aliphatic rings. The van der Waals surface area contributed by atoms with Crippen LogP contribution in [-0.2, 0) is 46.6 Å². The van der Waals surface area contributed by atoms with E-state index < -0.39 is 75.7 Å². The van der Waals surface area contributed by atoms with Crippen molar-refractivity contribution >= 4 is 48.7 Å². The van der Waals surface area contributed by atoms with Gasteiger partial charge in [-0.05, 0) is 40.5 Å². The van der Waals surface area contributed by atoms with Crippen LogP contribution in [0.4, 0.5) is 15.4 Å². The van der Waals surface area contributed by atoms with E-state index in [0.717, 1.165) is 0 Å². The van der Waals surface area contributed by atoms with E-state index in [1.165, 1.54) is 12.7 Å². The van der Waals surface area contributed by atoms with E-state index in [-0.39, 0.29) is 17.8 Å². The Bertz CT molecular complexity index is 1450. The number of alkyl halides is 1. The molecule has 1 saturated carbocycles. The third kappa shape index (κ3) is 7.49. The lowest BCUT2D eigenvalue weighted by Crippen LogP contribution is -2.44. The SMILES string of the molecule is C#C[C@@]12CC(OC)C[C@@H]1[C@@](CCl)(COP(=O)(OCOC(=O)OC(C)C)OCOC(=O)OC(C)C)O[C@H]2n1cnc2c(N)ncnc21. The molecule has 0 spiro atoms. The molecule has 0 radical (unpaired) electrons. The summed E-state index contributed by atoms with van der Waals surface area (Å²) in [7, 11) is -3.10. The van der Waals surface area contributed by atoms with Gasteiger partial charge in [-0.15, -0.1) is 18.0 Å². The molecule has 1 unspecified atom stereocenters. The molecule has 2 aromatic rings. The molecule has 0 bridgehead atoms. The first kappa shape index (κ1) is 35.6. The van der Waals surface area contributed by atoms with Gasteiger partial charge in [-0.1, -0.05) is 5.92 Å². The number of hydrogen-bond acceptors (Lipinski definition) is 16. The summed E-state index contributed by atoms with van der Waals surface area (Å²) in [5.41, 5.74) is 4.30. The monoisotopic (exact) mass is 689 g/mol. The molecule has 3 heterocycles. The zero-order valence-electron chi connectivity index (χ0n) is 26.0. The van der Waals surface area contributed by atoms with E-state index in [2.05, 4.69) is 20.9 Å². The molecule has 2 aromatic heterocycles. The van der Waals surface area contributed by atoms with E-state index in [1.807, 2.05) is 0 Å². The van der Waals surface area contributed by atoms with E-state index in [9.17, 15) is 14.2 Å². The van der Waals surface area contributed by atoms with Gasteiger partial charge in [-0.2, -0.15) is 0 Å². The molecule has 1 saturated heterocycles. The number of carbonyl (C=O) groups is 2. The Hall–Kier alpha value is -3.23. The van der Waals surface area contributed by atoms with Crippen LogP contribution in [0.2, 0.25) is 0 Å². The Morgan fingerprint density at radius 1 is 1.13 bits per heavy atom. The lowest BCUT2D eigenvalue weighted by molar-refractivity contribution is -0.116. The minimum atomic E-state index is -4.67. The fourth-order valence-corrected chi connectivity index (χ4v) is 6.82. The highest BCUT2D eigenvalue weighted by Gasteiger charge is 2.68. The second-order valence-corrected chi connectivity index (χ2v) is 13.1. The highest BCUT2D eigenvalue weighted by molar-refractivity contribution is 7.48. The Morgan fingerprint density at radius 3 is 2.30 bits per heavy atom. The molecule has 5 atom stereocenters. The number of rotatable bonds is 14. The lowest BCUT2D eigenvalue weighted by atomic mass is 9.72. The van der Waals surface area contributed by atoms with Crippen molar-refractivity contribution in [1.29, 1.82) is 0 Å². The number of nitrogen functional groups attached to an aromatic ring is 1. The zero-order chi connectivity index (χ0) is 33.7. The molecule has 2 fully saturated rings. The van der Waals surface area contributed by atoms with Gasteiger partial charge in [-0.25, -0.2) is 38.2 Å². The van der Waals surface area contributed by atoms with Gasteiger partial charge in [0.1, 0.15) is 17.4 Å². The largest absolute Gasteiger partial charge is 0.510 e. The van der Waals surface area contributed by atoms with Crippen molar-refractivity contribution < 1.29 is 56.1 Å². The summed E-state index contributed by atoms with van der Waals surface area (Å²) in [6.07, 6.45) is 5.43. The van der Waals surface area contributed by atoms with Crippen LogP contribution in [0.1, 0.15) is 46.8 Å². The first-order valence-electron chi connectivity index (χ1n) is 14.2. The molecule has 19 heteroatoms. The number of phosphoric ester groups is 1. The number of halogens is 1. The molecule has 1 aliphatic heterocycles. The predicted octanol–water partition coefficient (Wildman–Crippen LogP) is 4.16. The summed E-state index contributed by atoms with van der Waals surface area (Å²) in [5, 5.41) is 0. The van der Waals surface area contributed by atoms with Crippen LogP contribution in [-0.4, -0.2) is 88.9 Å². The molecule has 1 aliphatic carbocycles. The zero-order valence-corrected chi connectivity index (χ0v) is 27.6. The van der Waals surface area contributed by atoms with Gasteiger partial charge in [0.2, 0.25) is 13.6 Å². The topological polar surface area (TPSA) is 204 Å². The number of hydrogen-bond donors (Lipinski definition) is 1. The van der Waals surface area contributed by atoms with Crippen molar-refractivity contribution in [2.75, 3.05) is 38.9 Å². The normalized spacial score (nSPS) is 25.8. The second-order valence-electron chi connectivity index (χ2n) is 11.1. The molecule has 17 nitrogen and oxygen atoms in total.